The lowest BCUT2D eigenvalue weighted by molar-refractivity contribution is -0.137. The predicted molar refractivity (Wildman–Crippen MR) is 35.8 cm³/mol. The van der Waals surface area contributed by atoms with Gasteiger partial charge in [-0.15, -0.1) is 0 Å². The minimum Gasteiger partial charge on any atom is -0.375 e. The van der Waals surface area contributed by atoms with E-state index in [2.05, 4.69) is 10.1 Å². The second kappa shape index (κ2) is 2.22. The van der Waals surface area contributed by atoms with Crippen molar-refractivity contribution >= 4 is 12.1 Å². The molecule has 0 spiro atoms. The fraction of sp³-hybridized carbons (Fsp3) is 0.714. The van der Waals surface area contributed by atoms with E-state index in [1.165, 1.54) is 0 Å². The van der Waals surface area contributed by atoms with Crippen molar-refractivity contribution in [2.24, 2.45) is 5.92 Å². The average Bonchev–Trinajstić information content (AvgIpc) is 2.07. The van der Waals surface area contributed by atoms with Gasteiger partial charge >= 0.3 is 12.1 Å². The standard InChI is InChI=1S/C7H9NO3/c9-6-5(4-2-1-3-4)8-7(10)11-6/h4-5H,1-3H2,(H,8,10)/t5-/m0/s1. The van der Waals surface area contributed by atoms with Gasteiger partial charge in [-0.3, -0.25) is 0 Å². The lowest BCUT2D eigenvalue weighted by Gasteiger charge is -2.27. The third-order valence-corrected chi connectivity index (χ3v) is 2.34. The molecule has 4 heteroatoms. The van der Waals surface area contributed by atoms with Gasteiger partial charge in [-0.25, -0.2) is 9.59 Å². The summed E-state index contributed by atoms with van der Waals surface area (Å²) in [5, 5.41) is 2.49. The molecule has 1 N–H and O–H groups in total. The van der Waals surface area contributed by atoms with E-state index in [1.54, 1.807) is 0 Å². The van der Waals surface area contributed by atoms with E-state index in [9.17, 15) is 9.59 Å². The molecule has 11 heavy (non-hydrogen) atoms. The molecule has 1 amide bonds. The van der Waals surface area contributed by atoms with Crippen LogP contribution < -0.4 is 5.32 Å². The highest BCUT2D eigenvalue weighted by Gasteiger charge is 2.40. The molecule has 1 aliphatic carbocycles. The lowest BCUT2D eigenvalue weighted by atomic mass is 9.80. The van der Waals surface area contributed by atoms with Crippen LogP contribution >= 0.6 is 0 Å². The van der Waals surface area contributed by atoms with E-state index in [1.807, 2.05) is 0 Å². The summed E-state index contributed by atoms with van der Waals surface area (Å²) in [6.45, 7) is 0. The fourth-order valence-electron chi connectivity index (χ4n) is 1.45. The minimum atomic E-state index is -0.591. The monoisotopic (exact) mass is 155 g/mol. The van der Waals surface area contributed by atoms with Crippen molar-refractivity contribution in [1.29, 1.82) is 0 Å². The number of carbonyl (C=O) groups is 2. The lowest BCUT2D eigenvalue weighted by Crippen LogP contribution is -2.39. The molecule has 0 aromatic carbocycles. The predicted octanol–water partition coefficient (Wildman–Crippen LogP) is 0.421. The second-order valence-corrected chi connectivity index (χ2v) is 3.02. The number of nitrogens with one attached hydrogen (secondary N) is 1. The summed E-state index contributed by atoms with van der Waals surface area (Å²) < 4.78 is 4.34. The van der Waals surface area contributed by atoms with E-state index in [0.29, 0.717) is 5.92 Å². The molecule has 0 aromatic heterocycles. The summed E-state index contributed by atoms with van der Waals surface area (Å²) in [5.41, 5.74) is 0. The van der Waals surface area contributed by atoms with Gasteiger partial charge in [0.05, 0.1) is 0 Å². The molecule has 60 valence electrons. The number of alkyl carbamates (subject to hydrolysis) is 1. The summed E-state index contributed by atoms with van der Waals surface area (Å²) in [6, 6.07) is -0.351. The molecule has 4 nitrogen and oxygen atoms in total. The second-order valence-electron chi connectivity index (χ2n) is 3.02. The van der Waals surface area contributed by atoms with Gasteiger partial charge < -0.3 is 10.1 Å². The normalized spacial score (nSPS) is 31.1. The Hall–Kier alpha value is -1.06. The summed E-state index contributed by atoms with van der Waals surface area (Å²) in [4.78, 5) is 21.5. The van der Waals surface area contributed by atoms with Crippen molar-refractivity contribution in [3.63, 3.8) is 0 Å². The quantitative estimate of drug-likeness (QED) is 0.441. The van der Waals surface area contributed by atoms with Gasteiger partial charge in [0.1, 0.15) is 6.04 Å². The van der Waals surface area contributed by atoms with Crippen LogP contribution in [0.2, 0.25) is 0 Å². The SMILES string of the molecule is O=C1N[C@@H](C2CCC2)C(=O)O1. The molecule has 2 fully saturated rings. The van der Waals surface area contributed by atoms with Crippen LogP contribution in [0.5, 0.6) is 0 Å². The number of rotatable bonds is 1. The van der Waals surface area contributed by atoms with Crippen molar-refractivity contribution in [1.82, 2.24) is 5.32 Å². The smallest absolute Gasteiger partial charge is 0.375 e. The number of hydrogen-bond acceptors (Lipinski definition) is 3. The van der Waals surface area contributed by atoms with Crippen LogP contribution in [0, 0.1) is 5.92 Å². The Morgan fingerprint density at radius 3 is 2.45 bits per heavy atom. The highest BCUT2D eigenvalue weighted by Crippen LogP contribution is 2.31. The molecule has 1 heterocycles. The Morgan fingerprint density at radius 2 is 2.09 bits per heavy atom. The zero-order valence-corrected chi connectivity index (χ0v) is 6.00. The first-order chi connectivity index (χ1) is 5.27. The summed E-state index contributed by atoms with van der Waals surface area (Å²) in [6.07, 6.45) is 2.62. The third-order valence-electron chi connectivity index (χ3n) is 2.34. The van der Waals surface area contributed by atoms with Gasteiger partial charge in [0.15, 0.2) is 0 Å². The molecule has 1 saturated carbocycles. The van der Waals surface area contributed by atoms with Gasteiger partial charge in [0.2, 0.25) is 0 Å². The average molecular weight is 155 g/mol. The number of carbonyl (C=O) groups excluding carboxylic acids is 2. The maximum atomic E-state index is 10.9. The number of amides is 1. The zero-order chi connectivity index (χ0) is 7.84. The first-order valence-corrected chi connectivity index (χ1v) is 3.79. The van der Waals surface area contributed by atoms with Crippen LogP contribution in [-0.4, -0.2) is 18.1 Å². The molecule has 0 radical (unpaired) electrons. The minimum absolute atomic E-state index is 0.328. The first kappa shape index (κ1) is 6.64. The number of esters is 1. The topological polar surface area (TPSA) is 55.4 Å². The molecule has 1 aliphatic heterocycles. The molecule has 1 saturated heterocycles. The molecule has 0 unspecified atom stereocenters. The van der Waals surface area contributed by atoms with E-state index < -0.39 is 12.1 Å². The highest BCUT2D eigenvalue weighted by molar-refractivity contribution is 5.95. The van der Waals surface area contributed by atoms with E-state index >= 15 is 0 Å². The fourth-order valence-corrected chi connectivity index (χ4v) is 1.45. The van der Waals surface area contributed by atoms with Crippen molar-refractivity contribution < 1.29 is 14.3 Å². The zero-order valence-electron chi connectivity index (χ0n) is 6.00. The van der Waals surface area contributed by atoms with Crippen LogP contribution in [0.4, 0.5) is 4.79 Å². The van der Waals surface area contributed by atoms with Crippen molar-refractivity contribution in [2.45, 2.75) is 25.3 Å². The van der Waals surface area contributed by atoms with Crippen molar-refractivity contribution in [3.8, 4) is 0 Å². The Balaban J connectivity index is 2.02. The maximum Gasteiger partial charge on any atom is 0.415 e. The summed E-state index contributed by atoms with van der Waals surface area (Å²) >= 11 is 0. The van der Waals surface area contributed by atoms with Crippen LogP contribution in [0.25, 0.3) is 0 Å². The van der Waals surface area contributed by atoms with Crippen LogP contribution in [0.1, 0.15) is 19.3 Å². The Morgan fingerprint density at radius 1 is 1.36 bits per heavy atom. The van der Waals surface area contributed by atoms with Crippen molar-refractivity contribution in [2.75, 3.05) is 0 Å². The van der Waals surface area contributed by atoms with Crippen LogP contribution in [0.15, 0.2) is 0 Å². The molecule has 0 bridgehead atoms. The molecule has 2 rings (SSSR count). The number of hydrogen-bond donors (Lipinski definition) is 1. The molecule has 1 atom stereocenters. The first-order valence-electron chi connectivity index (χ1n) is 3.79. The van der Waals surface area contributed by atoms with Gasteiger partial charge in [-0.2, -0.15) is 0 Å². The molecule has 2 aliphatic rings. The Bertz CT molecular complexity index is 210. The van der Waals surface area contributed by atoms with Crippen LogP contribution in [-0.2, 0) is 9.53 Å². The molecule has 0 aromatic rings. The highest BCUT2D eigenvalue weighted by atomic mass is 16.6. The van der Waals surface area contributed by atoms with E-state index in [4.69, 9.17) is 0 Å². The maximum absolute atomic E-state index is 10.9. The summed E-state index contributed by atoms with van der Waals surface area (Å²) in [7, 11) is 0. The van der Waals surface area contributed by atoms with Crippen molar-refractivity contribution in [3.05, 3.63) is 0 Å². The van der Waals surface area contributed by atoms with Crippen LogP contribution in [0.3, 0.4) is 0 Å². The Kier molecular flexibility index (Phi) is 1.34. The van der Waals surface area contributed by atoms with Gasteiger partial charge in [-0.05, 0) is 18.8 Å². The molecular weight excluding hydrogens is 146 g/mol. The largest absolute Gasteiger partial charge is 0.415 e. The summed E-state index contributed by atoms with van der Waals surface area (Å²) in [5.74, 6) is -0.0753. The van der Waals surface area contributed by atoms with E-state index in [-0.39, 0.29) is 6.04 Å². The van der Waals surface area contributed by atoms with E-state index in [0.717, 1.165) is 19.3 Å². The van der Waals surface area contributed by atoms with Gasteiger partial charge in [0, 0.05) is 0 Å². The third kappa shape index (κ3) is 0.982. The number of cyclic esters (lactones) is 2. The Labute approximate surface area is 63.9 Å². The van der Waals surface area contributed by atoms with Gasteiger partial charge in [0.25, 0.3) is 0 Å². The number of ether oxygens (including phenoxy) is 1. The van der Waals surface area contributed by atoms with Gasteiger partial charge in [-0.1, -0.05) is 6.42 Å². The molecular formula is C7H9NO3.